The summed E-state index contributed by atoms with van der Waals surface area (Å²) in [4.78, 5) is 9.59. The fourth-order valence-corrected chi connectivity index (χ4v) is 2.26. The highest BCUT2D eigenvalue weighted by Crippen LogP contribution is 2.32. The minimum absolute atomic E-state index is 0.245. The van der Waals surface area contributed by atoms with Crippen molar-refractivity contribution in [3.63, 3.8) is 0 Å². The second-order valence-corrected chi connectivity index (χ2v) is 4.58. The number of carbonyl (C=O) groups excluding carboxylic acids is 1. The standard InChI is InChI=1S/C14H12.C3H6O2/c1-2-6-12-9-11(5-1)10-13-7-3-4-8-14(12)13;1-3(4)5-2/h1-9,12H,10H2;1-2H3. The van der Waals surface area contributed by atoms with Crippen molar-refractivity contribution >= 4 is 5.97 Å². The molecule has 0 heterocycles. The number of rotatable bonds is 0. The first kappa shape index (κ1) is 13.3. The fourth-order valence-electron chi connectivity index (χ4n) is 2.26. The second kappa shape index (κ2) is 6.19. The minimum atomic E-state index is -0.245. The summed E-state index contributed by atoms with van der Waals surface area (Å²) in [5.41, 5.74) is 4.39. The number of allylic oxidation sites excluding steroid dienone is 6. The number of methoxy groups -OCH3 is 1. The van der Waals surface area contributed by atoms with E-state index >= 15 is 0 Å². The van der Waals surface area contributed by atoms with Gasteiger partial charge >= 0.3 is 5.97 Å². The molecule has 0 spiro atoms. The topological polar surface area (TPSA) is 26.3 Å². The predicted molar refractivity (Wildman–Crippen MR) is 76.9 cm³/mol. The van der Waals surface area contributed by atoms with E-state index in [9.17, 15) is 4.79 Å². The Morgan fingerprint density at radius 2 is 2.00 bits per heavy atom. The van der Waals surface area contributed by atoms with Gasteiger partial charge in [-0.25, -0.2) is 0 Å². The Balaban J connectivity index is 0.000000232. The van der Waals surface area contributed by atoms with Gasteiger partial charge in [0.1, 0.15) is 0 Å². The molecule has 19 heavy (non-hydrogen) atoms. The fraction of sp³-hybridized carbons (Fsp3) is 0.235. The largest absolute Gasteiger partial charge is 0.469 e. The van der Waals surface area contributed by atoms with Gasteiger partial charge in [-0.3, -0.25) is 4.79 Å². The maximum atomic E-state index is 9.59. The highest BCUT2D eigenvalue weighted by atomic mass is 16.5. The smallest absolute Gasteiger partial charge is 0.302 e. The molecule has 3 rings (SSSR count). The molecule has 0 N–H and O–H groups in total. The Morgan fingerprint density at radius 1 is 1.26 bits per heavy atom. The van der Waals surface area contributed by atoms with Crippen molar-refractivity contribution in [2.45, 2.75) is 19.3 Å². The van der Waals surface area contributed by atoms with Crippen LogP contribution in [0.3, 0.4) is 0 Å². The van der Waals surface area contributed by atoms with Crippen LogP contribution >= 0.6 is 0 Å². The molecule has 0 aliphatic heterocycles. The molecule has 0 radical (unpaired) electrons. The van der Waals surface area contributed by atoms with Crippen molar-refractivity contribution in [3.8, 4) is 0 Å². The molecule has 2 aliphatic rings. The molecule has 98 valence electrons. The average Bonchev–Trinajstić information content (AvgIpc) is 2.62. The first-order valence-corrected chi connectivity index (χ1v) is 6.38. The number of ether oxygens (including phenoxy) is 1. The summed E-state index contributed by atoms with van der Waals surface area (Å²) in [6.45, 7) is 1.36. The van der Waals surface area contributed by atoms with Gasteiger partial charge < -0.3 is 4.74 Å². The maximum absolute atomic E-state index is 9.59. The SMILES string of the molecule is C1=CC2=CC(C=C1)c1ccccc1C2.COC(C)=O. The Morgan fingerprint density at radius 3 is 2.74 bits per heavy atom. The molecule has 0 saturated heterocycles. The van der Waals surface area contributed by atoms with Crippen molar-refractivity contribution in [2.75, 3.05) is 7.11 Å². The van der Waals surface area contributed by atoms with Gasteiger partial charge in [-0.05, 0) is 23.1 Å². The van der Waals surface area contributed by atoms with Gasteiger partial charge in [0, 0.05) is 12.8 Å². The van der Waals surface area contributed by atoms with E-state index < -0.39 is 0 Å². The van der Waals surface area contributed by atoms with Crippen LogP contribution in [0.4, 0.5) is 0 Å². The van der Waals surface area contributed by atoms with Gasteiger partial charge in [0.15, 0.2) is 0 Å². The van der Waals surface area contributed by atoms with Crippen LogP contribution in [-0.2, 0) is 16.0 Å². The lowest BCUT2D eigenvalue weighted by atomic mass is 9.85. The van der Waals surface area contributed by atoms with E-state index in [0.717, 1.165) is 6.42 Å². The molecule has 2 nitrogen and oxygen atoms in total. The van der Waals surface area contributed by atoms with E-state index in [2.05, 4.69) is 59.4 Å². The van der Waals surface area contributed by atoms with Crippen LogP contribution in [0.5, 0.6) is 0 Å². The number of hydrogen-bond acceptors (Lipinski definition) is 2. The molecule has 2 heteroatoms. The Labute approximate surface area is 114 Å². The Hall–Kier alpha value is -2.09. The summed E-state index contributed by atoms with van der Waals surface area (Å²) in [6.07, 6.45) is 12.2. The lowest BCUT2D eigenvalue weighted by molar-refractivity contribution is -0.137. The van der Waals surface area contributed by atoms with E-state index in [1.54, 1.807) is 0 Å². The zero-order chi connectivity index (χ0) is 13.7. The summed E-state index contributed by atoms with van der Waals surface area (Å²) in [7, 11) is 1.35. The molecule has 0 saturated carbocycles. The third-order valence-corrected chi connectivity index (χ3v) is 3.23. The van der Waals surface area contributed by atoms with E-state index in [1.165, 1.54) is 30.7 Å². The summed E-state index contributed by atoms with van der Waals surface area (Å²) >= 11 is 0. The third-order valence-electron chi connectivity index (χ3n) is 3.23. The van der Waals surface area contributed by atoms with E-state index in [0.29, 0.717) is 5.92 Å². The molecule has 0 aromatic heterocycles. The lowest BCUT2D eigenvalue weighted by Crippen LogP contribution is -2.05. The molecule has 1 unspecified atom stereocenters. The van der Waals surface area contributed by atoms with Crippen molar-refractivity contribution in [1.29, 1.82) is 0 Å². The normalized spacial score (nSPS) is 18.4. The van der Waals surface area contributed by atoms with E-state index in [-0.39, 0.29) is 5.97 Å². The maximum Gasteiger partial charge on any atom is 0.302 e. The third kappa shape index (κ3) is 3.44. The number of benzene rings is 1. The summed E-state index contributed by atoms with van der Waals surface area (Å²) in [5.74, 6) is 0.245. The lowest BCUT2D eigenvalue weighted by Gasteiger charge is -2.20. The number of fused-ring (bicyclic) bond motifs is 3. The first-order chi connectivity index (χ1) is 9.20. The van der Waals surface area contributed by atoms with Crippen molar-refractivity contribution in [2.24, 2.45) is 0 Å². The van der Waals surface area contributed by atoms with Crippen molar-refractivity contribution in [1.82, 2.24) is 0 Å². The predicted octanol–water partition coefficient (Wildman–Crippen LogP) is 3.56. The molecule has 2 aliphatic carbocycles. The Kier molecular flexibility index (Phi) is 4.35. The van der Waals surface area contributed by atoms with Gasteiger partial charge in [-0.2, -0.15) is 0 Å². The summed E-state index contributed by atoms with van der Waals surface area (Å²) in [6, 6.07) is 8.74. The molecule has 1 atom stereocenters. The molecule has 0 fully saturated rings. The van der Waals surface area contributed by atoms with Crippen LogP contribution in [0.1, 0.15) is 24.0 Å². The first-order valence-electron chi connectivity index (χ1n) is 6.38. The van der Waals surface area contributed by atoms with Gasteiger partial charge in [-0.15, -0.1) is 0 Å². The molecular formula is C17H18O2. The molecule has 0 amide bonds. The van der Waals surface area contributed by atoms with Crippen molar-refractivity contribution < 1.29 is 9.53 Å². The number of carbonyl (C=O) groups is 1. The van der Waals surface area contributed by atoms with Gasteiger partial charge in [0.2, 0.25) is 0 Å². The van der Waals surface area contributed by atoms with Gasteiger partial charge in [-0.1, -0.05) is 54.6 Å². The van der Waals surface area contributed by atoms with Crippen LogP contribution < -0.4 is 0 Å². The molecule has 2 bridgehead atoms. The summed E-state index contributed by atoms with van der Waals surface area (Å²) < 4.78 is 4.11. The monoisotopic (exact) mass is 254 g/mol. The minimum Gasteiger partial charge on any atom is -0.469 e. The van der Waals surface area contributed by atoms with Crippen LogP contribution in [0.25, 0.3) is 0 Å². The Bertz CT molecular complexity index is 550. The molecular weight excluding hydrogens is 236 g/mol. The highest BCUT2D eigenvalue weighted by Gasteiger charge is 2.17. The average molecular weight is 254 g/mol. The molecule has 1 aromatic carbocycles. The van der Waals surface area contributed by atoms with E-state index in [4.69, 9.17) is 0 Å². The zero-order valence-electron chi connectivity index (χ0n) is 11.3. The second-order valence-electron chi connectivity index (χ2n) is 4.58. The highest BCUT2D eigenvalue weighted by molar-refractivity contribution is 5.65. The van der Waals surface area contributed by atoms with E-state index in [1.807, 2.05) is 0 Å². The van der Waals surface area contributed by atoms with Crippen LogP contribution in [0.2, 0.25) is 0 Å². The van der Waals surface area contributed by atoms with Crippen LogP contribution in [-0.4, -0.2) is 13.1 Å². The quantitative estimate of drug-likeness (QED) is 0.662. The van der Waals surface area contributed by atoms with Gasteiger partial charge in [0.25, 0.3) is 0 Å². The number of esters is 1. The summed E-state index contributed by atoms with van der Waals surface area (Å²) in [5, 5.41) is 0. The van der Waals surface area contributed by atoms with Crippen LogP contribution in [0.15, 0.2) is 60.2 Å². The van der Waals surface area contributed by atoms with Crippen molar-refractivity contribution in [3.05, 3.63) is 71.3 Å². The van der Waals surface area contributed by atoms with Crippen LogP contribution in [0, 0.1) is 0 Å². The zero-order valence-corrected chi connectivity index (χ0v) is 11.3. The van der Waals surface area contributed by atoms with Gasteiger partial charge in [0.05, 0.1) is 7.11 Å². The molecule has 1 aromatic rings. The number of hydrogen-bond donors (Lipinski definition) is 0.